The van der Waals surface area contributed by atoms with E-state index in [9.17, 15) is 4.79 Å². The van der Waals surface area contributed by atoms with Gasteiger partial charge in [-0.3, -0.25) is 4.79 Å². The van der Waals surface area contributed by atoms with Crippen LogP contribution >= 0.6 is 0 Å². The molecule has 1 unspecified atom stereocenters. The average Bonchev–Trinajstić information content (AvgIpc) is 2.47. The third kappa shape index (κ3) is 2.79. The van der Waals surface area contributed by atoms with Crippen LogP contribution in [0.2, 0.25) is 0 Å². The summed E-state index contributed by atoms with van der Waals surface area (Å²) >= 11 is 0. The van der Waals surface area contributed by atoms with Crippen LogP contribution in [0.3, 0.4) is 0 Å². The number of rotatable bonds is 4. The number of carbonyl (C=O) groups excluding carboxylic acids is 1. The molecule has 0 aromatic rings. The van der Waals surface area contributed by atoms with Crippen molar-refractivity contribution in [2.45, 2.75) is 32.2 Å². The zero-order valence-electron chi connectivity index (χ0n) is 7.41. The van der Waals surface area contributed by atoms with E-state index in [1.165, 1.54) is 0 Å². The summed E-state index contributed by atoms with van der Waals surface area (Å²) in [4.78, 5) is 10.7. The van der Waals surface area contributed by atoms with Gasteiger partial charge in [-0.25, -0.2) is 0 Å². The number of ether oxygens (including phenoxy) is 3. The molecule has 70 valence electrons. The molecule has 0 amide bonds. The normalized spacial score (nSPS) is 25.5. The average molecular weight is 174 g/mol. The Kier molecular flexibility index (Phi) is 3.49. The Labute approximate surface area is 71.8 Å². The van der Waals surface area contributed by atoms with E-state index in [0.29, 0.717) is 13.0 Å². The minimum Gasteiger partial charge on any atom is -0.460 e. The minimum absolute atomic E-state index is 0.0740. The lowest BCUT2D eigenvalue weighted by atomic mass is 10.2. The van der Waals surface area contributed by atoms with Crippen molar-refractivity contribution in [3.63, 3.8) is 0 Å². The third-order valence-corrected chi connectivity index (χ3v) is 1.82. The quantitative estimate of drug-likeness (QED) is 0.465. The second-order valence-electron chi connectivity index (χ2n) is 2.79. The van der Waals surface area contributed by atoms with Crippen LogP contribution in [0.15, 0.2) is 0 Å². The molecule has 0 bridgehead atoms. The molecule has 1 rings (SSSR count). The Morgan fingerprint density at radius 2 is 2.50 bits per heavy atom. The van der Waals surface area contributed by atoms with E-state index in [4.69, 9.17) is 14.2 Å². The van der Waals surface area contributed by atoms with Crippen LogP contribution in [0.4, 0.5) is 0 Å². The summed E-state index contributed by atoms with van der Waals surface area (Å²) < 4.78 is 15.0. The molecule has 1 fully saturated rings. The second-order valence-corrected chi connectivity index (χ2v) is 2.79. The highest BCUT2D eigenvalue weighted by atomic mass is 16.7. The Hall–Kier alpha value is -0.610. The molecule has 0 radical (unpaired) electrons. The van der Waals surface area contributed by atoms with E-state index in [0.717, 1.165) is 6.42 Å². The Balaban J connectivity index is 2.11. The van der Waals surface area contributed by atoms with Crippen LogP contribution in [-0.4, -0.2) is 32.1 Å². The van der Waals surface area contributed by atoms with Gasteiger partial charge < -0.3 is 14.2 Å². The van der Waals surface area contributed by atoms with Gasteiger partial charge in [-0.2, -0.15) is 0 Å². The first-order valence-electron chi connectivity index (χ1n) is 4.06. The van der Waals surface area contributed by atoms with E-state index >= 15 is 0 Å². The first-order valence-corrected chi connectivity index (χ1v) is 4.06. The number of hydrogen-bond donors (Lipinski definition) is 0. The molecule has 0 spiro atoms. The summed E-state index contributed by atoms with van der Waals surface area (Å²) in [6.07, 6.45) is 0.962. The van der Waals surface area contributed by atoms with Gasteiger partial charge in [0, 0.05) is 13.5 Å². The van der Waals surface area contributed by atoms with Gasteiger partial charge in [0.05, 0.1) is 6.61 Å². The van der Waals surface area contributed by atoms with Crippen molar-refractivity contribution in [3.8, 4) is 0 Å². The molecule has 1 saturated heterocycles. The van der Waals surface area contributed by atoms with Gasteiger partial charge >= 0.3 is 5.97 Å². The minimum atomic E-state index is -0.232. The van der Waals surface area contributed by atoms with Crippen LogP contribution < -0.4 is 0 Å². The molecule has 4 heteroatoms. The summed E-state index contributed by atoms with van der Waals surface area (Å²) in [5.74, 6) is -0.131. The lowest BCUT2D eigenvalue weighted by Crippen LogP contribution is -2.20. The SMILES string of the molecule is COC(C)OC[C@H]1CCC(=O)O1. The van der Waals surface area contributed by atoms with E-state index in [2.05, 4.69) is 0 Å². The van der Waals surface area contributed by atoms with Crippen LogP contribution in [0.25, 0.3) is 0 Å². The predicted molar refractivity (Wildman–Crippen MR) is 41.5 cm³/mol. The number of hydrogen-bond acceptors (Lipinski definition) is 4. The van der Waals surface area contributed by atoms with Gasteiger partial charge in [0.25, 0.3) is 0 Å². The lowest BCUT2D eigenvalue weighted by molar-refractivity contribution is -0.153. The monoisotopic (exact) mass is 174 g/mol. The number of methoxy groups -OCH3 is 1. The summed E-state index contributed by atoms with van der Waals surface area (Å²) in [6, 6.07) is 0. The molecule has 1 aliphatic rings. The van der Waals surface area contributed by atoms with Crippen LogP contribution in [0, 0.1) is 0 Å². The molecule has 0 aliphatic carbocycles. The lowest BCUT2D eigenvalue weighted by Gasteiger charge is -2.13. The summed E-state index contributed by atoms with van der Waals surface area (Å²) in [6.45, 7) is 2.23. The van der Waals surface area contributed by atoms with E-state index in [1.807, 2.05) is 0 Å². The van der Waals surface area contributed by atoms with E-state index in [1.54, 1.807) is 14.0 Å². The predicted octanol–water partition coefficient (Wildman–Crippen LogP) is 0.701. The molecule has 0 aromatic heterocycles. The van der Waals surface area contributed by atoms with Crippen molar-refractivity contribution in [2.24, 2.45) is 0 Å². The molecule has 0 N–H and O–H groups in total. The van der Waals surface area contributed by atoms with Crippen molar-refractivity contribution in [3.05, 3.63) is 0 Å². The summed E-state index contributed by atoms with van der Waals surface area (Å²) in [5, 5.41) is 0. The van der Waals surface area contributed by atoms with Gasteiger partial charge in [0.2, 0.25) is 0 Å². The highest BCUT2D eigenvalue weighted by Gasteiger charge is 2.23. The Bertz CT molecular complexity index is 157. The fraction of sp³-hybridized carbons (Fsp3) is 0.875. The van der Waals surface area contributed by atoms with Crippen molar-refractivity contribution in [1.29, 1.82) is 0 Å². The molecule has 12 heavy (non-hydrogen) atoms. The second kappa shape index (κ2) is 4.42. The maximum atomic E-state index is 10.7. The number of esters is 1. The fourth-order valence-corrected chi connectivity index (χ4v) is 1.01. The number of cyclic esters (lactones) is 1. The molecule has 4 nitrogen and oxygen atoms in total. The topological polar surface area (TPSA) is 44.8 Å². The highest BCUT2D eigenvalue weighted by molar-refractivity contribution is 5.71. The van der Waals surface area contributed by atoms with Gasteiger partial charge in [0.15, 0.2) is 6.29 Å². The Morgan fingerprint density at radius 1 is 1.75 bits per heavy atom. The molecule has 0 aromatic carbocycles. The molecule has 1 heterocycles. The van der Waals surface area contributed by atoms with Gasteiger partial charge in [-0.1, -0.05) is 0 Å². The first kappa shape index (κ1) is 9.48. The van der Waals surface area contributed by atoms with Crippen molar-refractivity contribution < 1.29 is 19.0 Å². The van der Waals surface area contributed by atoms with Crippen molar-refractivity contribution in [1.82, 2.24) is 0 Å². The van der Waals surface area contributed by atoms with Gasteiger partial charge in [0.1, 0.15) is 6.10 Å². The first-order chi connectivity index (χ1) is 5.72. The molecular weight excluding hydrogens is 160 g/mol. The smallest absolute Gasteiger partial charge is 0.306 e. The van der Waals surface area contributed by atoms with Crippen molar-refractivity contribution in [2.75, 3.05) is 13.7 Å². The van der Waals surface area contributed by atoms with Crippen LogP contribution in [0.1, 0.15) is 19.8 Å². The third-order valence-electron chi connectivity index (χ3n) is 1.82. The molecule has 2 atom stereocenters. The summed E-state index contributed by atoms with van der Waals surface area (Å²) in [7, 11) is 1.57. The molecule has 1 aliphatic heterocycles. The fourth-order valence-electron chi connectivity index (χ4n) is 1.01. The zero-order chi connectivity index (χ0) is 8.97. The van der Waals surface area contributed by atoms with Crippen LogP contribution in [-0.2, 0) is 19.0 Å². The van der Waals surface area contributed by atoms with Crippen LogP contribution in [0.5, 0.6) is 0 Å². The van der Waals surface area contributed by atoms with E-state index in [-0.39, 0.29) is 18.4 Å². The van der Waals surface area contributed by atoms with E-state index < -0.39 is 0 Å². The maximum absolute atomic E-state index is 10.7. The highest BCUT2D eigenvalue weighted by Crippen LogP contribution is 2.14. The summed E-state index contributed by atoms with van der Waals surface area (Å²) in [5.41, 5.74) is 0. The standard InChI is InChI=1S/C8H14O4/c1-6(10-2)11-5-7-3-4-8(9)12-7/h6-7H,3-5H2,1-2H3/t6?,7-/m1/s1. The Morgan fingerprint density at radius 3 is 3.00 bits per heavy atom. The zero-order valence-corrected chi connectivity index (χ0v) is 7.41. The molecular formula is C8H14O4. The van der Waals surface area contributed by atoms with Crippen molar-refractivity contribution >= 4 is 5.97 Å². The van der Waals surface area contributed by atoms with Gasteiger partial charge in [-0.15, -0.1) is 0 Å². The van der Waals surface area contributed by atoms with Gasteiger partial charge in [-0.05, 0) is 13.3 Å². The largest absolute Gasteiger partial charge is 0.460 e. The number of carbonyl (C=O) groups is 1. The molecule has 0 saturated carbocycles. The maximum Gasteiger partial charge on any atom is 0.306 e.